The van der Waals surface area contributed by atoms with E-state index in [-0.39, 0.29) is 37.3 Å². The Morgan fingerprint density at radius 1 is 1.24 bits per heavy atom. The molecule has 1 aliphatic rings. The molecule has 3 amide bonds. The Kier molecular flexibility index (Phi) is 7.21. The van der Waals surface area contributed by atoms with Crippen LogP contribution >= 0.6 is 22.9 Å². The zero-order valence-electron chi connectivity index (χ0n) is 15.5. The fourth-order valence-corrected chi connectivity index (χ4v) is 3.79. The highest BCUT2D eigenvalue weighted by Crippen LogP contribution is 2.22. The van der Waals surface area contributed by atoms with Crippen LogP contribution in [0.25, 0.3) is 0 Å². The normalized spacial score (nSPS) is 15.1. The van der Waals surface area contributed by atoms with E-state index >= 15 is 0 Å². The first-order valence-corrected chi connectivity index (χ1v) is 10.2. The van der Waals surface area contributed by atoms with Crippen LogP contribution in [0.5, 0.6) is 0 Å². The van der Waals surface area contributed by atoms with Gasteiger partial charge in [0.2, 0.25) is 5.91 Å². The van der Waals surface area contributed by atoms with Gasteiger partial charge < -0.3 is 26.0 Å². The van der Waals surface area contributed by atoms with E-state index in [2.05, 4.69) is 10.6 Å². The minimum atomic E-state index is -0.783. The van der Waals surface area contributed by atoms with Gasteiger partial charge in [-0.1, -0.05) is 11.6 Å². The predicted octanol–water partition coefficient (Wildman–Crippen LogP) is 1.85. The Labute approximate surface area is 177 Å². The van der Waals surface area contributed by atoms with Crippen LogP contribution in [-0.2, 0) is 14.3 Å². The van der Waals surface area contributed by atoms with Crippen LogP contribution in [0.3, 0.4) is 0 Å². The average Bonchev–Trinajstić information content (AvgIpc) is 3.15. The molecule has 1 aromatic heterocycles. The fraction of sp³-hybridized carbons (Fsp3) is 0.316. The van der Waals surface area contributed by atoms with E-state index in [0.29, 0.717) is 28.1 Å². The molecule has 0 saturated carbocycles. The molecule has 0 radical (unpaired) electrons. The Morgan fingerprint density at radius 2 is 2.00 bits per heavy atom. The first-order valence-electron chi connectivity index (χ1n) is 9.03. The van der Waals surface area contributed by atoms with Gasteiger partial charge in [-0.2, -0.15) is 0 Å². The number of hydrogen-bond acceptors (Lipinski definition) is 6. The van der Waals surface area contributed by atoms with Crippen molar-refractivity contribution in [3.05, 3.63) is 45.6 Å². The third kappa shape index (κ3) is 5.54. The lowest BCUT2D eigenvalue weighted by Crippen LogP contribution is -2.44. The lowest BCUT2D eigenvalue weighted by atomic mass is 10.1. The number of nitrogens with two attached hydrogens (primary N) is 1. The molecular formula is C19H21ClN4O4S. The molecule has 0 spiro atoms. The second-order valence-corrected chi connectivity index (χ2v) is 8.06. The van der Waals surface area contributed by atoms with E-state index in [1.165, 1.54) is 0 Å². The standard InChI is InChI=1S/C19H21ClN4O4S/c20-16-6-5-15(29-16)19(27)23-14(7-8-21)18(26)22-12-1-3-13(4-2-12)24-9-10-28-11-17(24)25/h1-6,14H,7-11,21H2,(H,22,26)(H,23,27)/t14-/m1/s1. The van der Waals surface area contributed by atoms with Crippen LogP contribution < -0.4 is 21.3 Å². The van der Waals surface area contributed by atoms with Crippen molar-refractivity contribution in [3.8, 4) is 0 Å². The van der Waals surface area contributed by atoms with Crippen LogP contribution in [0.1, 0.15) is 16.1 Å². The summed E-state index contributed by atoms with van der Waals surface area (Å²) in [6, 6.07) is 9.36. The summed E-state index contributed by atoms with van der Waals surface area (Å²) < 4.78 is 5.62. The monoisotopic (exact) mass is 436 g/mol. The molecule has 1 atom stereocenters. The van der Waals surface area contributed by atoms with Gasteiger partial charge in [0.05, 0.1) is 15.8 Å². The Bertz CT molecular complexity index is 887. The zero-order chi connectivity index (χ0) is 20.8. The van der Waals surface area contributed by atoms with Gasteiger partial charge in [-0.15, -0.1) is 11.3 Å². The number of anilines is 2. The van der Waals surface area contributed by atoms with Crippen molar-refractivity contribution < 1.29 is 19.1 Å². The lowest BCUT2D eigenvalue weighted by Gasteiger charge is -2.27. The topological polar surface area (TPSA) is 114 Å². The molecule has 10 heteroatoms. The van der Waals surface area contributed by atoms with Crippen molar-refractivity contribution in [2.75, 3.05) is 36.5 Å². The smallest absolute Gasteiger partial charge is 0.262 e. The predicted molar refractivity (Wildman–Crippen MR) is 112 cm³/mol. The van der Waals surface area contributed by atoms with E-state index < -0.39 is 6.04 Å². The van der Waals surface area contributed by atoms with Gasteiger partial charge in [-0.3, -0.25) is 14.4 Å². The van der Waals surface area contributed by atoms with Crippen molar-refractivity contribution in [2.24, 2.45) is 5.73 Å². The fourth-order valence-electron chi connectivity index (χ4n) is 2.85. The summed E-state index contributed by atoms with van der Waals surface area (Å²) in [6.45, 7) is 1.28. The second kappa shape index (κ2) is 9.84. The number of carbonyl (C=O) groups excluding carboxylic acids is 3. The van der Waals surface area contributed by atoms with Crippen molar-refractivity contribution in [1.82, 2.24) is 5.32 Å². The third-order valence-corrected chi connectivity index (χ3v) is 5.54. The van der Waals surface area contributed by atoms with Crippen LogP contribution in [-0.4, -0.2) is 50.1 Å². The molecule has 1 aliphatic heterocycles. The third-order valence-electron chi connectivity index (χ3n) is 4.31. The molecule has 29 heavy (non-hydrogen) atoms. The zero-order valence-corrected chi connectivity index (χ0v) is 17.1. The van der Waals surface area contributed by atoms with Gasteiger partial charge >= 0.3 is 0 Å². The number of halogens is 1. The molecule has 3 rings (SSSR count). The molecule has 2 heterocycles. The molecule has 1 saturated heterocycles. The lowest BCUT2D eigenvalue weighted by molar-refractivity contribution is -0.125. The number of morpholine rings is 1. The highest BCUT2D eigenvalue weighted by atomic mass is 35.5. The molecular weight excluding hydrogens is 416 g/mol. The maximum Gasteiger partial charge on any atom is 0.262 e. The Morgan fingerprint density at radius 3 is 2.62 bits per heavy atom. The summed E-state index contributed by atoms with van der Waals surface area (Å²) in [5, 5.41) is 5.46. The molecule has 0 bridgehead atoms. The maximum absolute atomic E-state index is 12.6. The van der Waals surface area contributed by atoms with Crippen LogP contribution in [0, 0.1) is 0 Å². The molecule has 2 aromatic rings. The first kappa shape index (κ1) is 21.3. The number of ether oxygens (including phenoxy) is 1. The number of benzene rings is 1. The van der Waals surface area contributed by atoms with Gasteiger partial charge in [0.15, 0.2) is 0 Å². The number of thiophene rings is 1. The number of amides is 3. The first-order chi connectivity index (χ1) is 14.0. The largest absolute Gasteiger partial charge is 0.370 e. The molecule has 0 aliphatic carbocycles. The van der Waals surface area contributed by atoms with Gasteiger partial charge in [0.25, 0.3) is 11.8 Å². The number of nitrogens with one attached hydrogen (secondary N) is 2. The summed E-state index contributed by atoms with van der Waals surface area (Å²) in [5.41, 5.74) is 6.88. The molecule has 1 fully saturated rings. The van der Waals surface area contributed by atoms with Gasteiger partial charge in [0, 0.05) is 17.9 Å². The van der Waals surface area contributed by atoms with E-state index in [9.17, 15) is 14.4 Å². The maximum atomic E-state index is 12.6. The van der Waals surface area contributed by atoms with Crippen molar-refractivity contribution in [2.45, 2.75) is 12.5 Å². The molecule has 0 unspecified atom stereocenters. The van der Waals surface area contributed by atoms with E-state index in [0.717, 1.165) is 17.0 Å². The number of carbonyl (C=O) groups is 3. The second-order valence-electron chi connectivity index (χ2n) is 6.34. The number of rotatable bonds is 7. The van der Waals surface area contributed by atoms with Crippen LogP contribution in [0.2, 0.25) is 4.34 Å². The molecule has 8 nitrogen and oxygen atoms in total. The molecule has 154 valence electrons. The van der Waals surface area contributed by atoms with Crippen LogP contribution in [0.4, 0.5) is 11.4 Å². The summed E-state index contributed by atoms with van der Waals surface area (Å²) >= 11 is 6.99. The quantitative estimate of drug-likeness (QED) is 0.613. The van der Waals surface area contributed by atoms with Crippen molar-refractivity contribution in [3.63, 3.8) is 0 Å². The summed E-state index contributed by atoms with van der Waals surface area (Å²) in [6.07, 6.45) is 0.289. The summed E-state index contributed by atoms with van der Waals surface area (Å²) in [5.74, 6) is -0.856. The van der Waals surface area contributed by atoms with E-state index in [4.69, 9.17) is 22.1 Å². The Balaban J connectivity index is 1.63. The SMILES string of the molecule is NCC[C@@H](NC(=O)c1ccc(Cl)s1)C(=O)Nc1ccc(N2CCOCC2=O)cc1. The number of nitrogens with zero attached hydrogens (tertiary/aromatic N) is 1. The average molecular weight is 437 g/mol. The van der Waals surface area contributed by atoms with Gasteiger partial charge in [-0.25, -0.2) is 0 Å². The molecule has 4 N–H and O–H groups in total. The summed E-state index contributed by atoms with van der Waals surface area (Å²) in [7, 11) is 0. The minimum Gasteiger partial charge on any atom is -0.370 e. The van der Waals surface area contributed by atoms with Gasteiger partial charge in [-0.05, 0) is 49.4 Å². The number of hydrogen-bond donors (Lipinski definition) is 3. The summed E-state index contributed by atoms with van der Waals surface area (Å²) in [4.78, 5) is 38.9. The highest BCUT2D eigenvalue weighted by Gasteiger charge is 2.23. The van der Waals surface area contributed by atoms with Crippen molar-refractivity contribution >= 4 is 52.0 Å². The van der Waals surface area contributed by atoms with E-state index in [1.54, 1.807) is 41.3 Å². The highest BCUT2D eigenvalue weighted by molar-refractivity contribution is 7.18. The Hall–Kier alpha value is -2.46. The van der Waals surface area contributed by atoms with Crippen LogP contribution in [0.15, 0.2) is 36.4 Å². The van der Waals surface area contributed by atoms with Gasteiger partial charge in [0.1, 0.15) is 12.6 Å². The minimum absolute atomic E-state index is 0.0639. The van der Waals surface area contributed by atoms with Crippen molar-refractivity contribution in [1.29, 1.82) is 0 Å². The van der Waals surface area contributed by atoms with E-state index in [1.807, 2.05) is 0 Å². The molecule has 1 aromatic carbocycles.